The molecule has 9 heteroatoms. The number of rotatable bonds is 3. The van der Waals surface area contributed by atoms with E-state index >= 15 is 0 Å². The van der Waals surface area contributed by atoms with E-state index in [1.165, 1.54) is 24.4 Å². The Morgan fingerprint density at radius 2 is 1.68 bits per heavy atom. The van der Waals surface area contributed by atoms with Gasteiger partial charge in [0, 0.05) is 16.7 Å². The third-order valence-electron chi connectivity index (χ3n) is 4.15. The zero-order chi connectivity index (χ0) is 19.9. The summed E-state index contributed by atoms with van der Waals surface area (Å²) in [6.07, 6.45) is -2.01. The Hall–Kier alpha value is -3.62. The molecule has 0 unspecified atom stereocenters. The fraction of sp³-hybridized carbons (Fsp3) is 0.0526. The Morgan fingerprint density at radius 3 is 2.36 bits per heavy atom. The van der Waals surface area contributed by atoms with Crippen molar-refractivity contribution in [3.8, 4) is 22.4 Å². The number of alkyl halides is 3. The number of carbonyl (C=O) groups is 1. The lowest BCUT2D eigenvalue weighted by Gasteiger charge is -2.08. The molecule has 0 amide bonds. The van der Waals surface area contributed by atoms with Gasteiger partial charge in [0.2, 0.25) is 0 Å². The molecule has 0 spiro atoms. The molecule has 4 rings (SSSR count). The Labute approximate surface area is 155 Å². The smallest absolute Gasteiger partial charge is 0.298 e. The highest BCUT2D eigenvalue weighted by atomic mass is 19.4. The zero-order valence-corrected chi connectivity index (χ0v) is 14.0. The number of carbonyl (C=O) groups excluding carboxylic acids is 1. The van der Waals surface area contributed by atoms with Gasteiger partial charge in [-0.15, -0.1) is 0 Å². The molecular formula is C19H10F4N4O. The molecule has 0 radical (unpaired) electrons. The van der Waals surface area contributed by atoms with Crippen LogP contribution >= 0.6 is 0 Å². The average molecular weight is 386 g/mol. The second-order valence-electron chi connectivity index (χ2n) is 5.93. The maximum Gasteiger partial charge on any atom is 0.435 e. The van der Waals surface area contributed by atoms with E-state index < -0.39 is 17.7 Å². The second kappa shape index (κ2) is 6.52. The lowest BCUT2D eigenvalue weighted by atomic mass is 10.0. The highest BCUT2D eigenvalue weighted by Crippen LogP contribution is 2.30. The van der Waals surface area contributed by atoms with Gasteiger partial charge in [0.05, 0.1) is 18.1 Å². The summed E-state index contributed by atoms with van der Waals surface area (Å²) in [5.41, 5.74) is 0.985. The van der Waals surface area contributed by atoms with Crippen LogP contribution in [0.2, 0.25) is 0 Å². The van der Waals surface area contributed by atoms with E-state index in [0.29, 0.717) is 34.9 Å². The summed E-state index contributed by atoms with van der Waals surface area (Å²) in [7, 11) is 0. The molecule has 0 bridgehead atoms. The van der Waals surface area contributed by atoms with Crippen LogP contribution in [0.1, 0.15) is 16.1 Å². The molecule has 0 atom stereocenters. The number of aromatic nitrogens is 4. The predicted molar refractivity (Wildman–Crippen MR) is 92.0 cm³/mol. The fourth-order valence-corrected chi connectivity index (χ4v) is 2.76. The lowest BCUT2D eigenvalue weighted by molar-refractivity contribution is -0.141. The van der Waals surface area contributed by atoms with Crippen molar-refractivity contribution >= 4 is 12.1 Å². The molecule has 0 aliphatic heterocycles. The van der Waals surface area contributed by atoms with E-state index in [0.717, 1.165) is 4.52 Å². The van der Waals surface area contributed by atoms with Crippen molar-refractivity contribution in [2.24, 2.45) is 0 Å². The van der Waals surface area contributed by atoms with Crippen molar-refractivity contribution in [2.75, 3.05) is 0 Å². The molecule has 140 valence electrons. The highest BCUT2D eigenvalue weighted by Gasteiger charge is 2.33. The summed E-state index contributed by atoms with van der Waals surface area (Å²) in [6.45, 7) is 0. The number of benzene rings is 2. The van der Waals surface area contributed by atoms with Crippen molar-refractivity contribution in [3.05, 3.63) is 71.9 Å². The van der Waals surface area contributed by atoms with Crippen LogP contribution in [0.25, 0.3) is 28.2 Å². The first kappa shape index (κ1) is 17.8. The lowest BCUT2D eigenvalue weighted by Crippen LogP contribution is -2.11. The molecule has 0 fully saturated rings. The van der Waals surface area contributed by atoms with Gasteiger partial charge in [-0.25, -0.2) is 14.4 Å². The number of hydrogen-bond acceptors (Lipinski definition) is 4. The Morgan fingerprint density at radius 1 is 0.964 bits per heavy atom. The van der Waals surface area contributed by atoms with Crippen LogP contribution in [0, 0.1) is 5.82 Å². The number of halogens is 4. The maximum atomic E-state index is 14.3. The van der Waals surface area contributed by atoms with Crippen molar-refractivity contribution in [1.29, 1.82) is 0 Å². The maximum absolute atomic E-state index is 14.3. The standard InChI is InChI=1S/C19H10F4N4O/c20-15-6-5-13(7-14(15)12-3-1-11(10-28)2-4-12)16-8-24-18-26-17(19(21,22)23)9-25-27(16)18/h1-10H. The van der Waals surface area contributed by atoms with Crippen molar-refractivity contribution in [1.82, 2.24) is 19.6 Å². The van der Waals surface area contributed by atoms with Crippen LogP contribution in [0.15, 0.2) is 54.9 Å². The number of nitrogens with zero attached hydrogens (tertiary/aromatic N) is 4. The summed E-state index contributed by atoms with van der Waals surface area (Å²) in [5, 5.41) is 3.77. The summed E-state index contributed by atoms with van der Waals surface area (Å²) < 4.78 is 53.8. The van der Waals surface area contributed by atoms with Crippen LogP contribution in [0.4, 0.5) is 17.6 Å². The first-order valence-electron chi connectivity index (χ1n) is 8.00. The molecule has 0 aliphatic rings. The van der Waals surface area contributed by atoms with E-state index in [-0.39, 0.29) is 11.3 Å². The molecule has 2 aromatic heterocycles. The number of fused-ring (bicyclic) bond motifs is 1. The van der Waals surface area contributed by atoms with Crippen LogP contribution in [0.3, 0.4) is 0 Å². The molecule has 0 aliphatic carbocycles. The van der Waals surface area contributed by atoms with Gasteiger partial charge in [0.25, 0.3) is 5.78 Å². The van der Waals surface area contributed by atoms with Gasteiger partial charge in [-0.05, 0) is 23.8 Å². The topological polar surface area (TPSA) is 60.2 Å². The third-order valence-corrected chi connectivity index (χ3v) is 4.15. The zero-order valence-electron chi connectivity index (χ0n) is 14.0. The first-order chi connectivity index (χ1) is 13.4. The van der Waals surface area contributed by atoms with Gasteiger partial charge in [-0.2, -0.15) is 22.8 Å². The van der Waals surface area contributed by atoms with E-state index in [2.05, 4.69) is 15.1 Å². The average Bonchev–Trinajstić information content (AvgIpc) is 3.11. The predicted octanol–water partition coefficient (Wildman–Crippen LogP) is 4.43. The summed E-state index contributed by atoms with van der Waals surface area (Å²) >= 11 is 0. The summed E-state index contributed by atoms with van der Waals surface area (Å²) in [4.78, 5) is 18.1. The molecular weight excluding hydrogens is 376 g/mol. The molecule has 0 saturated heterocycles. The molecule has 28 heavy (non-hydrogen) atoms. The third kappa shape index (κ3) is 3.11. The number of hydrogen-bond donors (Lipinski definition) is 0. The van der Waals surface area contributed by atoms with E-state index in [9.17, 15) is 22.4 Å². The fourth-order valence-electron chi connectivity index (χ4n) is 2.76. The van der Waals surface area contributed by atoms with Crippen LogP contribution < -0.4 is 0 Å². The molecule has 2 heterocycles. The molecule has 0 N–H and O–H groups in total. The summed E-state index contributed by atoms with van der Waals surface area (Å²) in [6, 6.07) is 10.6. The van der Waals surface area contributed by atoms with E-state index in [1.54, 1.807) is 24.3 Å². The van der Waals surface area contributed by atoms with E-state index in [4.69, 9.17) is 0 Å². The largest absolute Gasteiger partial charge is 0.435 e. The SMILES string of the molecule is O=Cc1ccc(-c2cc(-c3cnc4nc(C(F)(F)F)cnn34)ccc2F)cc1. The monoisotopic (exact) mass is 386 g/mol. The van der Waals surface area contributed by atoms with Gasteiger partial charge >= 0.3 is 6.18 Å². The van der Waals surface area contributed by atoms with Gasteiger partial charge in [-0.3, -0.25) is 4.79 Å². The first-order valence-corrected chi connectivity index (χ1v) is 8.00. The molecule has 5 nitrogen and oxygen atoms in total. The van der Waals surface area contributed by atoms with Crippen LogP contribution in [-0.2, 0) is 6.18 Å². The van der Waals surface area contributed by atoms with Gasteiger partial charge in [-0.1, -0.05) is 24.3 Å². The molecule has 2 aromatic carbocycles. The van der Waals surface area contributed by atoms with Gasteiger partial charge < -0.3 is 0 Å². The quantitative estimate of drug-likeness (QED) is 0.386. The minimum Gasteiger partial charge on any atom is -0.298 e. The van der Waals surface area contributed by atoms with Gasteiger partial charge in [0.15, 0.2) is 5.69 Å². The Balaban J connectivity index is 1.80. The van der Waals surface area contributed by atoms with Crippen molar-refractivity contribution in [2.45, 2.75) is 6.18 Å². The summed E-state index contributed by atoms with van der Waals surface area (Å²) in [5.74, 6) is -0.701. The molecule has 0 saturated carbocycles. The number of imidazole rings is 1. The minimum absolute atomic E-state index is 0.217. The minimum atomic E-state index is -4.63. The molecule has 4 aromatic rings. The Kier molecular flexibility index (Phi) is 4.14. The normalized spacial score (nSPS) is 11.7. The van der Waals surface area contributed by atoms with Crippen molar-refractivity contribution < 1.29 is 22.4 Å². The van der Waals surface area contributed by atoms with Crippen LogP contribution in [-0.4, -0.2) is 25.9 Å². The Bertz CT molecular complexity index is 1180. The van der Waals surface area contributed by atoms with E-state index in [1.807, 2.05) is 0 Å². The highest BCUT2D eigenvalue weighted by molar-refractivity contribution is 5.78. The second-order valence-corrected chi connectivity index (χ2v) is 5.93. The van der Waals surface area contributed by atoms with Crippen LogP contribution in [0.5, 0.6) is 0 Å². The van der Waals surface area contributed by atoms with Gasteiger partial charge in [0.1, 0.15) is 12.1 Å². The van der Waals surface area contributed by atoms with Crippen molar-refractivity contribution in [3.63, 3.8) is 0 Å². The number of aldehydes is 1.